The van der Waals surface area contributed by atoms with E-state index in [1.807, 2.05) is 4.90 Å². The van der Waals surface area contributed by atoms with Gasteiger partial charge in [0.15, 0.2) is 0 Å². The number of hydrogen-bond acceptors (Lipinski definition) is 3. The van der Waals surface area contributed by atoms with Crippen LogP contribution in [0.25, 0.3) is 0 Å². The Labute approximate surface area is 84.6 Å². The maximum atomic E-state index is 11.7. The van der Waals surface area contributed by atoms with Gasteiger partial charge in [0.2, 0.25) is 5.91 Å². The Morgan fingerprint density at radius 2 is 2.07 bits per heavy atom. The minimum atomic E-state index is 0.251. The van der Waals surface area contributed by atoms with Crippen molar-refractivity contribution in [1.82, 2.24) is 10.2 Å². The molecule has 0 bridgehead atoms. The van der Waals surface area contributed by atoms with Crippen molar-refractivity contribution < 1.29 is 9.53 Å². The molecule has 0 saturated carbocycles. The number of hydrogen-bond donors (Lipinski definition) is 1. The Bertz CT molecular complexity index is 208. The summed E-state index contributed by atoms with van der Waals surface area (Å²) in [6, 6.07) is 0. The van der Waals surface area contributed by atoms with Crippen molar-refractivity contribution >= 4 is 5.91 Å². The van der Waals surface area contributed by atoms with E-state index in [9.17, 15) is 4.79 Å². The summed E-state index contributed by atoms with van der Waals surface area (Å²) < 4.78 is 4.91. The Balaban J connectivity index is 1.80. The van der Waals surface area contributed by atoms with Crippen molar-refractivity contribution in [3.63, 3.8) is 0 Å². The second kappa shape index (κ2) is 4.28. The second-order valence-corrected chi connectivity index (χ2v) is 4.22. The number of amides is 1. The molecule has 2 unspecified atom stereocenters. The lowest BCUT2D eigenvalue weighted by Crippen LogP contribution is -2.32. The second-order valence-electron chi connectivity index (χ2n) is 4.22. The average molecular weight is 198 g/mol. The fourth-order valence-electron chi connectivity index (χ4n) is 2.41. The van der Waals surface area contributed by atoms with E-state index in [0.29, 0.717) is 24.9 Å². The fourth-order valence-corrected chi connectivity index (χ4v) is 2.41. The number of rotatable bonds is 3. The number of methoxy groups -OCH3 is 1. The van der Waals surface area contributed by atoms with Crippen LogP contribution in [0.5, 0.6) is 0 Å². The molecule has 0 aliphatic carbocycles. The molecule has 2 fully saturated rings. The van der Waals surface area contributed by atoms with E-state index in [-0.39, 0.29) is 5.91 Å². The molecule has 2 rings (SSSR count). The fraction of sp³-hybridized carbons (Fsp3) is 0.900. The number of fused-ring (bicyclic) bond motifs is 1. The molecule has 2 atom stereocenters. The van der Waals surface area contributed by atoms with E-state index in [0.717, 1.165) is 26.2 Å². The lowest BCUT2D eigenvalue weighted by Gasteiger charge is -2.17. The molecular formula is C10H18N2O2. The number of carbonyl (C=O) groups excluding carboxylic acids is 1. The van der Waals surface area contributed by atoms with Crippen LogP contribution in [0.15, 0.2) is 0 Å². The monoisotopic (exact) mass is 198 g/mol. The SMILES string of the molecule is COCCC(=O)N1CC2CNCC2C1. The molecule has 0 radical (unpaired) electrons. The zero-order valence-corrected chi connectivity index (χ0v) is 8.66. The maximum Gasteiger partial charge on any atom is 0.224 e. The Kier molecular flexibility index (Phi) is 3.03. The molecule has 4 heteroatoms. The first-order valence-electron chi connectivity index (χ1n) is 5.28. The Hall–Kier alpha value is -0.610. The number of carbonyl (C=O) groups is 1. The predicted octanol–water partition coefficient (Wildman–Crippen LogP) is -0.299. The van der Waals surface area contributed by atoms with E-state index < -0.39 is 0 Å². The van der Waals surface area contributed by atoms with E-state index in [1.54, 1.807) is 7.11 Å². The summed E-state index contributed by atoms with van der Waals surface area (Å²) in [6.07, 6.45) is 0.531. The summed E-state index contributed by atoms with van der Waals surface area (Å²) in [4.78, 5) is 13.7. The quantitative estimate of drug-likeness (QED) is 0.677. The maximum absolute atomic E-state index is 11.7. The van der Waals surface area contributed by atoms with Crippen LogP contribution in [0, 0.1) is 11.8 Å². The van der Waals surface area contributed by atoms with Crippen LogP contribution >= 0.6 is 0 Å². The van der Waals surface area contributed by atoms with Gasteiger partial charge >= 0.3 is 0 Å². The van der Waals surface area contributed by atoms with E-state index in [1.165, 1.54) is 0 Å². The predicted molar refractivity (Wildman–Crippen MR) is 52.9 cm³/mol. The van der Waals surface area contributed by atoms with Gasteiger partial charge < -0.3 is 15.0 Å². The summed E-state index contributed by atoms with van der Waals surface area (Å²) in [6.45, 7) is 4.60. The highest BCUT2D eigenvalue weighted by molar-refractivity contribution is 5.76. The van der Waals surface area contributed by atoms with Crippen LogP contribution in [0.2, 0.25) is 0 Å². The first-order valence-corrected chi connectivity index (χ1v) is 5.28. The van der Waals surface area contributed by atoms with Crippen molar-refractivity contribution in [3.05, 3.63) is 0 Å². The molecule has 14 heavy (non-hydrogen) atoms. The molecule has 2 aliphatic heterocycles. The molecule has 0 aromatic rings. The first-order chi connectivity index (χ1) is 6.81. The highest BCUT2D eigenvalue weighted by atomic mass is 16.5. The minimum Gasteiger partial charge on any atom is -0.384 e. The molecule has 2 heterocycles. The molecule has 4 nitrogen and oxygen atoms in total. The van der Waals surface area contributed by atoms with Gasteiger partial charge in [-0.15, -0.1) is 0 Å². The highest BCUT2D eigenvalue weighted by Gasteiger charge is 2.37. The van der Waals surface area contributed by atoms with Gasteiger partial charge in [-0.1, -0.05) is 0 Å². The van der Waals surface area contributed by atoms with Gasteiger partial charge in [-0.25, -0.2) is 0 Å². The molecule has 0 aromatic carbocycles. The minimum absolute atomic E-state index is 0.251. The largest absolute Gasteiger partial charge is 0.384 e. The molecule has 1 amide bonds. The van der Waals surface area contributed by atoms with Crippen LogP contribution < -0.4 is 5.32 Å². The van der Waals surface area contributed by atoms with Crippen LogP contribution in [0.1, 0.15) is 6.42 Å². The van der Waals surface area contributed by atoms with E-state index in [4.69, 9.17) is 4.74 Å². The van der Waals surface area contributed by atoms with Gasteiger partial charge in [-0.2, -0.15) is 0 Å². The van der Waals surface area contributed by atoms with Crippen molar-refractivity contribution in [2.75, 3.05) is 39.9 Å². The molecule has 80 valence electrons. The summed E-state index contributed by atoms with van der Waals surface area (Å²) in [5.74, 6) is 1.64. The van der Waals surface area contributed by atoms with Crippen LogP contribution in [0.3, 0.4) is 0 Å². The standard InChI is InChI=1S/C10H18N2O2/c1-14-3-2-10(13)12-6-8-4-11-5-9(8)7-12/h8-9,11H,2-7H2,1H3. The molecule has 1 N–H and O–H groups in total. The van der Waals surface area contributed by atoms with Crippen LogP contribution in [-0.4, -0.2) is 50.7 Å². The van der Waals surface area contributed by atoms with Gasteiger partial charge in [-0.3, -0.25) is 4.79 Å². The summed E-state index contributed by atoms with van der Waals surface area (Å²) in [7, 11) is 1.63. The van der Waals surface area contributed by atoms with Gasteiger partial charge in [0.25, 0.3) is 0 Å². The van der Waals surface area contributed by atoms with Crippen LogP contribution in [-0.2, 0) is 9.53 Å². The molecule has 0 aromatic heterocycles. The number of nitrogens with one attached hydrogen (secondary N) is 1. The molecular weight excluding hydrogens is 180 g/mol. The number of likely N-dealkylation sites (tertiary alicyclic amines) is 1. The van der Waals surface area contributed by atoms with E-state index >= 15 is 0 Å². The zero-order chi connectivity index (χ0) is 9.97. The van der Waals surface area contributed by atoms with Crippen molar-refractivity contribution in [2.24, 2.45) is 11.8 Å². The summed E-state index contributed by atoms with van der Waals surface area (Å²) >= 11 is 0. The molecule has 2 saturated heterocycles. The zero-order valence-electron chi connectivity index (χ0n) is 8.66. The highest BCUT2D eigenvalue weighted by Crippen LogP contribution is 2.26. The van der Waals surface area contributed by atoms with Crippen molar-refractivity contribution in [1.29, 1.82) is 0 Å². The third kappa shape index (κ3) is 1.91. The van der Waals surface area contributed by atoms with Gasteiger partial charge in [0.1, 0.15) is 0 Å². The van der Waals surface area contributed by atoms with Crippen molar-refractivity contribution in [3.8, 4) is 0 Å². The summed E-state index contributed by atoms with van der Waals surface area (Å²) in [5.41, 5.74) is 0. The number of ether oxygens (including phenoxy) is 1. The van der Waals surface area contributed by atoms with Crippen molar-refractivity contribution in [2.45, 2.75) is 6.42 Å². The van der Waals surface area contributed by atoms with Gasteiger partial charge in [0, 0.05) is 33.3 Å². The van der Waals surface area contributed by atoms with E-state index in [2.05, 4.69) is 5.32 Å². The summed E-state index contributed by atoms with van der Waals surface area (Å²) in [5, 5.41) is 3.36. The van der Waals surface area contributed by atoms with Gasteiger partial charge in [-0.05, 0) is 11.8 Å². The third-order valence-corrected chi connectivity index (χ3v) is 3.26. The molecule has 0 spiro atoms. The van der Waals surface area contributed by atoms with Gasteiger partial charge in [0.05, 0.1) is 13.0 Å². The molecule has 2 aliphatic rings. The first kappa shape index (κ1) is 9.93. The average Bonchev–Trinajstić information content (AvgIpc) is 2.72. The lowest BCUT2D eigenvalue weighted by molar-refractivity contribution is -0.131. The van der Waals surface area contributed by atoms with Crippen LogP contribution in [0.4, 0.5) is 0 Å². The normalized spacial score (nSPS) is 30.8. The number of nitrogens with zero attached hydrogens (tertiary/aromatic N) is 1. The lowest BCUT2D eigenvalue weighted by atomic mass is 10.0. The topological polar surface area (TPSA) is 41.6 Å². The Morgan fingerprint density at radius 1 is 1.43 bits per heavy atom. The Morgan fingerprint density at radius 3 is 2.64 bits per heavy atom. The smallest absolute Gasteiger partial charge is 0.224 e. The third-order valence-electron chi connectivity index (χ3n) is 3.26.